The van der Waals surface area contributed by atoms with Gasteiger partial charge in [-0.2, -0.15) is 9.36 Å². The van der Waals surface area contributed by atoms with Crippen LogP contribution in [0.15, 0.2) is 29.1 Å². The molecule has 7 nitrogen and oxygen atoms in total. The Kier molecular flexibility index (Phi) is 5.56. The van der Waals surface area contributed by atoms with Crippen LogP contribution in [0.4, 0.5) is 9.59 Å². The normalized spacial score (nSPS) is 10.7. The van der Waals surface area contributed by atoms with Crippen LogP contribution in [-0.4, -0.2) is 35.1 Å². The van der Waals surface area contributed by atoms with Crippen molar-refractivity contribution in [3.8, 4) is 0 Å². The molecule has 2 rings (SSSR count). The predicted molar refractivity (Wildman–Crippen MR) is 86.9 cm³/mol. The van der Waals surface area contributed by atoms with Crippen LogP contribution in [0, 0.1) is 0 Å². The number of rotatable bonds is 5. The molecule has 0 aliphatic carbocycles. The maximum atomic E-state index is 12.4. The molecule has 0 radical (unpaired) electrons. The van der Waals surface area contributed by atoms with Crippen LogP contribution in [0.3, 0.4) is 0 Å². The number of methoxy groups -OCH3 is 1. The summed E-state index contributed by atoms with van der Waals surface area (Å²) in [6.45, 7) is 2.56. The molecule has 1 aromatic carbocycles. The highest BCUT2D eigenvalue weighted by molar-refractivity contribution is 5.92. The summed E-state index contributed by atoms with van der Waals surface area (Å²) in [5.41, 5.74) is -0.206. The predicted octanol–water partition coefficient (Wildman–Crippen LogP) is 2.56. The molecule has 0 aliphatic rings. The van der Waals surface area contributed by atoms with Gasteiger partial charge in [-0.1, -0.05) is 38.3 Å². The van der Waals surface area contributed by atoms with Crippen LogP contribution in [0.1, 0.15) is 32.6 Å². The van der Waals surface area contributed by atoms with Crippen molar-refractivity contribution < 1.29 is 14.3 Å². The largest absolute Gasteiger partial charge is 0.451 e. The Labute approximate surface area is 133 Å². The molecule has 0 aliphatic heterocycles. The van der Waals surface area contributed by atoms with E-state index >= 15 is 0 Å². The molecule has 0 atom stereocenters. The van der Waals surface area contributed by atoms with Crippen LogP contribution < -0.4 is 10.9 Å². The Morgan fingerprint density at radius 2 is 1.87 bits per heavy atom. The van der Waals surface area contributed by atoms with Gasteiger partial charge in [-0.25, -0.2) is 9.59 Å². The van der Waals surface area contributed by atoms with E-state index in [4.69, 9.17) is 4.74 Å². The molecule has 0 unspecified atom stereocenters. The minimum atomic E-state index is -0.788. The summed E-state index contributed by atoms with van der Waals surface area (Å²) in [4.78, 5) is 36.7. The Balaban J connectivity index is 2.32. The summed E-state index contributed by atoms with van der Waals surface area (Å²) in [5.74, 6) is 0. The van der Waals surface area contributed by atoms with E-state index in [1.165, 1.54) is 7.11 Å². The first-order chi connectivity index (χ1) is 11.1. The molecule has 0 bridgehead atoms. The number of nitrogens with one attached hydrogen (secondary N) is 1. The minimum absolute atomic E-state index is 0.291. The third-order valence-corrected chi connectivity index (χ3v) is 3.60. The number of carbonyl (C=O) groups is 2. The van der Waals surface area contributed by atoms with E-state index in [2.05, 4.69) is 12.2 Å². The van der Waals surface area contributed by atoms with Crippen LogP contribution in [0.25, 0.3) is 10.9 Å². The quantitative estimate of drug-likeness (QED) is 0.859. The third-order valence-electron chi connectivity index (χ3n) is 3.60. The van der Waals surface area contributed by atoms with Crippen molar-refractivity contribution in [2.24, 2.45) is 0 Å². The standard InChI is InChI=1S/C16H21N3O4/c1-3-4-5-8-11-17-15(21)19-14(20)12-9-6-7-10-13(12)18(19)16(22)23-2/h6-7,9-10H,3-5,8,11H2,1-2H3,(H,17,21). The van der Waals surface area contributed by atoms with Gasteiger partial charge in [0.15, 0.2) is 0 Å². The van der Waals surface area contributed by atoms with E-state index < -0.39 is 17.7 Å². The van der Waals surface area contributed by atoms with Gasteiger partial charge in [-0.3, -0.25) is 4.79 Å². The van der Waals surface area contributed by atoms with Crippen molar-refractivity contribution in [3.05, 3.63) is 34.6 Å². The van der Waals surface area contributed by atoms with E-state index in [1.54, 1.807) is 24.3 Å². The van der Waals surface area contributed by atoms with Crippen molar-refractivity contribution in [3.63, 3.8) is 0 Å². The summed E-state index contributed by atoms with van der Waals surface area (Å²) in [6, 6.07) is 5.90. The molecule has 7 heteroatoms. The molecular formula is C16H21N3O4. The first-order valence-corrected chi connectivity index (χ1v) is 7.71. The monoisotopic (exact) mass is 319 g/mol. The highest BCUT2D eigenvalue weighted by Crippen LogP contribution is 2.11. The molecule has 23 heavy (non-hydrogen) atoms. The second-order valence-corrected chi connectivity index (χ2v) is 5.21. The number of nitrogens with zero attached hydrogens (tertiary/aromatic N) is 2. The van der Waals surface area contributed by atoms with Crippen molar-refractivity contribution in [2.75, 3.05) is 13.7 Å². The molecule has 0 saturated heterocycles. The van der Waals surface area contributed by atoms with Crippen LogP contribution in [0.2, 0.25) is 0 Å². The topological polar surface area (TPSA) is 82.3 Å². The number of hydrogen-bond donors (Lipinski definition) is 1. The fourth-order valence-electron chi connectivity index (χ4n) is 2.42. The summed E-state index contributed by atoms with van der Waals surface area (Å²) in [6.07, 6.45) is 3.24. The number of amides is 1. The Morgan fingerprint density at radius 1 is 1.13 bits per heavy atom. The Hall–Kier alpha value is -2.57. The zero-order valence-corrected chi connectivity index (χ0v) is 13.4. The smallest absolute Gasteiger partial charge is 0.433 e. The summed E-state index contributed by atoms with van der Waals surface area (Å²) >= 11 is 0. The van der Waals surface area contributed by atoms with Gasteiger partial charge in [0.05, 0.1) is 18.0 Å². The number of unbranched alkanes of at least 4 members (excludes halogenated alkanes) is 3. The Morgan fingerprint density at radius 3 is 2.57 bits per heavy atom. The number of para-hydroxylation sites is 1. The van der Waals surface area contributed by atoms with Gasteiger partial charge in [0, 0.05) is 6.54 Å². The Bertz CT molecular complexity index is 760. The molecule has 1 N–H and O–H groups in total. The number of hydrogen-bond acceptors (Lipinski definition) is 4. The van der Waals surface area contributed by atoms with Crippen molar-refractivity contribution >= 4 is 23.0 Å². The molecule has 2 aromatic rings. The van der Waals surface area contributed by atoms with Crippen LogP contribution >= 0.6 is 0 Å². The zero-order chi connectivity index (χ0) is 16.8. The number of fused-ring (bicyclic) bond motifs is 1. The maximum absolute atomic E-state index is 12.4. The van der Waals surface area contributed by atoms with Crippen molar-refractivity contribution in [2.45, 2.75) is 32.6 Å². The molecule has 1 aromatic heterocycles. The van der Waals surface area contributed by atoms with Gasteiger partial charge in [-0.15, -0.1) is 0 Å². The molecule has 1 amide bonds. The van der Waals surface area contributed by atoms with E-state index in [0.29, 0.717) is 17.4 Å². The van der Waals surface area contributed by atoms with E-state index in [1.807, 2.05) is 0 Å². The highest BCUT2D eigenvalue weighted by Gasteiger charge is 2.22. The van der Waals surface area contributed by atoms with Gasteiger partial charge >= 0.3 is 12.1 Å². The number of benzene rings is 1. The van der Waals surface area contributed by atoms with Gasteiger partial charge in [0.25, 0.3) is 5.56 Å². The van der Waals surface area contributed by atoms with E-state index in [0.717, 1.165) is 35.0 Å². The SMILES string of the molecule is CCCCCCNC(=O)n1c(=O)c2ccccc2n1C(=O)OC. The second-order valence-electron chi connectivity index (χ2n) is 5.21. The lowest BCUT2D eigenvalue weighted by Crippen LogP contribution is -2.40. The lowest BCUT2D eigenvalue weighted by molar-refractivity contribution is 0.165. The molecule has 124 valence electrons. The van der Waals surface area contributed by atoms with Crippen molar-refractivity contribution in [1.29, 1.82) is 0 Å². The van der Waals surface area contributed by atoms with Gasteiger partial charge in [0.1, 0.15) is 0 Å². The van der Waals surface area contributed by atoms with E-state index in [-0.39, 0.29) is 0 Å². The molecule has 0 fully saturated rings. The molecule has 0 saturated carbocycles. The summed E-state index contributed by atoms with van der Waals surface area (Å²) in [7, 11) is 1.20. The van der Waals surface area contributed by atoms with Gasteiger partial charge in [0.2, 0.25) is 0 Å². The van der Waals surface area contributed by atoms with Crippen LogP contribution in [0.5, 0.6) is 0 Å². The van der Waals surface area contributed by atoms with Gasteiger partial charge in [-0.05, 0) is 18.6 Å². The lowest BCUT2D eigenvalue weighted by Gasteiger charge is -2.10. The number of carbonyl (C=O) groups excluding carboxylic acids is 2. The molecule has 0 spiro atoms. The molecular weight excluding hydrogens is 298 g/mol. The lowest BCUT2D eigenvalue weighted by atomic mass is 10.2. The first kappa shape index (κ1) is 16.8. The van der Waals surface area contributed by atoms with Crippen molar-refractivity contribution in [1.82, 2.24) is 14.7 Å². The number of ether oxygens (including phenoxy) is 1. The average molecular weight is 319 g/mol. The first-order valence-electron chi connectivity index (χ1n) is 7.71. The maximum Gasteiger partial charge on any atom is 0.433 e. The minimum Gasteiger partial charge on any atom is -0.451 e. The zero-order valence-electron chi connectivity index (χ0n) is 13.4. The van der Waals surface area contributed by atoms with E-state index in [9.17, 15) is 14.4 Å². The fourth-order valence-corrected chi connectivity index (χ4v) is 2.42. The highest BCUT2D eigenvalue weighted by atomic mass is 16.5. The summed E-state index contributed by atoms with van der Waals surface area (Å²) in [5, 5.41) is 2.97. The van der Waals surface area contributed by atoms with Gasteiger partial charge < -0.3 is 10.1 Å². The third kappa shape index (κ3) is 3.44. The summed E-state index contributed by atoms with van der Waals surface area (Å²) < 4.78 is 6.44. The number of aromatic nitrogens is 2. The average Bonchev–Trinajstić information content (AvgIpc) is 2.87. The second kappa shape index (κ2) is 7.62. The fraction of sp³-hybridized carbons (Fsp3) is 0.438. The van der Waals surface area contributed by atoms with Crippen LogP contribution in [-0.2, 0) is 4.74 Å². The molecule has 1 heterocycles.